The van der Waals surface area contributed by atoms with E-state index in [-0.39, 0.29) is 18.1 Å². The Morgan fingerprint density at radius 1 is 1.38 bits per heavy atom. The number of rotatable bonds is 5. The van der Waals surface area contributed by atoms with Crippen LogP contribution in [0.3, 0.4) is 0 Å². The minimum absolute atomic E-state index is 0.0731. The molecule has 0 aromatic rings. The van der Waals surface area contributed by atoms with Gasteiger partial charge in [0, 0.05) is 19.7 Å². The maximum atomic E-state index is 11.9. The van der Waals surface area contributed by atoms with Gasteiger partial charge in [-0.2, -0.15) is 17.4 Å². The average molecular weight is 339 g/mol. The summed E-state index contributed by atoms with van der Waals surface area (Å²) in [6.07, 6.45) is 0. The van der Waals surface area contributed by atoms with E-state index in [9.17, 15) is 13.2 Å². The first-order valence-corrected chi connectivity index (χ1v) is 11.2. The molecule has 0 spiro atoms. The van der Waals surface area contributed by atoms with Crippen molar-refractivity contribution in [2.75, 3.05) is 26.8 Å². The minimum Gasteiger partial charge on any atom is -0.468 e. The van der Waals surface area contributed by atoms with Crippen molar-refractivity contribution >= 4 is 24.5 Å². The Kier molecular flexibility index (Phi) is 5.60. The Morgan fingerprint density at radius 2 is 1.95 bits per heavy atom. The van der Waals surface area contributed by atoms with E-state index in [0.717, 1.165) is 0 Å². The lowest BCUT2D eigenvalue weighted by atomic mass is 10.2. The number of methoxy groups -OCH3 is 1. The van der Waals surface area contributed by atoms with Crippen LogP contribution in [0.4, 0.5) is 0 Å². The van der Waals surface area contributed by atoms with Crippen LogP contribution in [-0.4, -0.2) is 59.9 Å². The third kappa shape index (κ3) is 4.49. The second-order valence-corrected chi connectivity index (χ2v) is 13.2. The predicted molar refractivity (Wildman–Crippen MR) is 82.6 cm³/mol. The lowest BCUT2D eigenvalue weighted by Crippen LogP contribution is -2.43. The Bertz CT molecular complexity index is 486. The summed E-state index contributed by atoms with van der Waals surface area (Å²) in [5.74, 6) is -0.577. The van der Waals surface area contributed by atoms with Crippen molar-refractivity contribution in [3.63, 3.8) is 0 Å². The predicted octanol–water partition coefficient (Wildman–Crippen LogP) is 0.700. The summed E-state index contributed by atoms with van der Waals surface area (Å²) in [5.41, 5.74) is 0. The largest absolute Gasteiger partial charge is 0.468 e. The second kappa shape index (κ2) is 6.33. The van der Waals surface area contributed by atoms with Crippen molar-refractivity contribution in [2.24, 2.45) is 0 Å². The zero-order valence-electron chi connectivity index (χ0n) is 13.6. The first-order chi connectivity index (χ1) is 9.40. The van der Waals surface area contributed by atoms with E-state index in [1.54, 1.807) is 0 Å². The molecule has 21 heavy (non-hydrogen) atoms. The monoisotopic (exact) mass is 338 g/mol. The van der Waals surface area contributed by atoms with Crippen LogP contribution < -0.4 is 4.72 Å². The molecule has 9 heteroatoms. The Morgan fingerprint density at radius 3 is 2.43 bits per heavy atom. The van der Waals surface area contributed by atoms with Gasteiger partial charge in [0.2, 0.25) is 0 Å². The molecule has 1 N–H and O–H groups in total. The van der Waals surface area contributed by atoms with Crippen LogP contribution in [0.2, 0.25) is 18.1 Å². The van der Waals surface area contributed by atoms with Gasteiger partial charge < -0.3 is 9.16 Å². The zero-order chi connectivity index (χ0) is 16.5. The van der Waals surface area contributed by atoms with Gasteiger partial charge >= 0.3 is 5.97 Å². The van der Waals surface area contributed by atoms with Gasteiger partial charge in [-0.05, 0) is 18.1 Å². The van der Waals surface area contributed by atoms with Gasteiger partial charge in [-0.1, -0.05) is 20.8 Å². The lowest BCUT2D eigenvalue weighted by Gasteiger charge is -2.36. The molecular formula is C12H26N2O5SSi. The third-order valence-electron chi connectivity index (χ3n) is 4.11. The first-order valence-electron chi connectivity index (χ1n) is 6.90. The highest BCUT2D eigenvalue weighted by Gasteiger charge is 2.41. The van der Waals surface area contributed by atoms with Gasteiger partial charge in [-0.3, -0.25) is 4.79 Å². The summed E-state index contributed by atoms with van der Waals surface area (Å²) in [7, 11) is -4.29. The van der Waals surface area contributed by atoms with Crippen molar-refractivity contribution < 1.29 is 22.4 Å². The summed E-state index contributed by atoms with van der Waals surface area (Å²) in [6, 6.07) is -0.840. The molecule has 124 valence electrons. The molecule has 7 nitrogen and oxygen atoms in total. The van der Waals surface area contributed by atoms with Crippen molar-refractivity contribution in [2.45, 2.75) is 44.9 Å². The molecule has 0 amide bonds. The third-order valence-corrected chi connectivity index (χ3v) is 10.2. The molecule has 0 saturated carbocycles. The standard InChI is InChI=1S/C12H26N2O5SSi/c1-12(2,3)21(5,6)19-8-7-14-9-10(11(15)18-4)13-20(14,16)17/h10,13H,7-9H2,1-6H3/t10-/m0/s1. The smallest absolute Gasteiger partial charge is 0.325 e. The average Bonchev–Trinajstić information content (AvgIpc) is 2.62. The molecule has 0 radical (unpaired) electrons. The van der Waals surface area contributed by atoms with Crippen molar-refractivity contribution in [3.8, 4) is 0 Å². The number of carbonyl (C=O) groups is 1. The van der Waals surface area contributed by atoms with Crippen LogP contribution in [0.5, 0.6) is 0 Å². The van der Waals surface area contributed by atoms with Gasteiger partial charge in [0.15, 0.2) is 8.32 Å². The summed E-state index contributed by atoms with van der Waals surface area (Å²) in [4.78, 5) is 11.4. The van der Waals surface area contributed by atoms with Crippen LogP contribution in [0.1, 0.15) is 20.8 Å². The summed E-state index contributed by atoms with van der Waals surface area (Å²) < 4.78 is 37.9. The first kappa shape index (κ1) is 18.6. The highest BCUT2D eigenvalue weighted by Crippen LogP contribution is 2.36. The Labute approximate surface area is 128 Å². The molecule has 1 rings (SSSR count). The van der Waals surface area contributed by atoms with Crippen LogP contribution in [0, 0.1) is 0 Å². The van der Waals surface area contributed by atoms with E-state index in [0.29, 0.717) is 6.61 Å². The summed E-state index contributed by atoms with van der Waals surface area (Å²) in [5, 5.41) is 0.0731. The molecule has 1 fully saturated rings. The minimum atomic E-state index is -3.63. The number of esters is 1. The number of ether oxygens (including phenoxy) is 1. The molecule has 0 aliphatic carbocycles. The maximum Gasteiger partial charge on any atom is 0.325 e. The Hall–Kier alpha value is -0.483. The van der Waals surface area contributed by atoms with E-state index in [1.807, 2.05) is 0 Å². The van der Waals surface area contributed by atoms with Gasteiger partial charge in [-0.15, -0.1) is 0 Å². The van der Waals surface area contributed by atoms with E-state index < -0.39 is 30.5 Å². The highest BCUT2D eigenvalue weighted by molar-refractivity contribution is 7.87. The van der Waals surface area contributed by atoms with Crippen molar-refractivity contribution in [1.82, 2.24) is 9.03 Å². The number of nitrogens with zero attached hydrogens (tertiary/aromatic N) is 1. The van der Waals surface area contributed by atoms with Crippen molar-refractivity contribution in [3.05, 3.63) is 0 Å². The van der Waals surface area contributed by atoms with E-state index in [2.05, 4.69) is 43.3 Å². The van der Waals surface area contributed by atoms with Crippen LogP contribution in [0.25, 0.3) is 0 Å². The molecule has 0 aromatic heterocycles. The molecule has 0 bridgehead atoms. The van der Waals surface area contributed by atoms with E-state index in [4.69, 9.17) is 4.43 Å². The van der Waals surface area contributed by atoms with E-state index in [1.165, 1.54) is 11.4 Å². The molecule has 1 atom stereocenters. The SMILES string of the molecule is COC(=O)[C@@H]1CN(CCO[Si](C)(C)C(C)(C)C)S(=O)(=O)N1. The molecule has 1 aliphatic heterocycles. The summed E-state index contributed by atoms with van der Waals surface area (Å²) >= 11 is 0. The van der Waals surface area contributed by atoms with Crippen molar-refractivity contribution in [1.29, 1.82) is 0 Å². The summed E-state index contributed by atoms with van der Waals surface area (Å²) in [6.45, 7) is 11.2. The van der Waals surface area contributed by atoms with Crippen LogP contribution >= 0.6 is 0 Å². The van der Waals surface area contributed by atoms with Gasteiger partial charge in [-0.25, -0.2) is 0 Å². The Balaban J connectivity index is 2.58. The quantitative estimate of drug-likeness (QED) is 0.589. The molecule has 0 aromatic carbocycles. The zero-order valence-corrected chi connectivity index (χ0v) is 15.4. The molecular weight excluding hydrogens is 312 g/mol. The van der Waals surface area contributed by atoms with Gasteiger partial charge in [0.25, 0.3) is 10.2 Å². The lowest BCUT2D eigenvalue weighted by molar-refractivity contribution is -0.142. The fourth-order valence-electron chi connectivity index (χ4n) is 1.69. The number of carbonyl (C=O) groups excluding carboxylic acids is 1. The topological polar surface area (TPSA) is 84.9 Å². The fourth-order valence-corrected chi connectivity index (χ4v) is 4.06. The fraction of sp³-hybridized carbons (Fsp3) is 0.917. The van der Waals surface area contributed by atoms with Crippen LogP contribution in [0.15, 0.2) is 0 Å². The molecule has 1 heterocycles. The van der Waals surface area contributed by atoms with Gasteiger partial charge in [0.1, 0.15) is 6.04 Å². The van der Waals surface area contributed by atoms with E-state index >= 15 is 0 Å². The second-order valence-electron chi connectivity index (χ2n) is 6.67. The van der Waals surface area contributed by atoms with Gasteiger partial charge in [0.05, 0.1) is 7.11 Å². The molecule has 0 unspecified atom stereocenters. The maximum absolute atomic E-state index is 11.9. The molecule has 1 aliphatic rings. The number of hydrogen-bond acceptors (Lipinski definition) is 5. The van der Waals surface area contributed by atoms with Crippen LogP contribution in [-0.2, 0) is 24.2 Å². The number of nitrogens with one attached hydrogen (secondary N) is 1. The molecule has 1 saturated heterocycles. The normalized spacial score (nSPS) is 23.2. The number of hydrogen-bond donors (Lipinski definition) is 1. The highest BCUT2D eigenvalue weighted by atomic mass is 32.2.